The molecule has 752 valence electrons. The summed E-state index contributed by atoms with van der Waals surface area (Å²) in [4.78, 5) is 73.2. The average Bonchev–Trinajstić information content (AvgIpc) is 0.736. The zero-order valence-corrected chi connectivity index (χ0v) is 96.9. The number of phenolic OH excluding ortho intramolecular Hbond substituents is 7. The van der Waals surface area contributed by atoms with E-state index in [9.17, 15) is 69.0 Å². The molecule has 0 bridgehead atoms. The van der Waals surface area contributed by atoms with Crippen molar-refractivity contribution in [2.24, 2.45) is 0 Å². The minimum Gasteiger partial charge on any atom is -0.798 e. The van der Waals surface area contributed by atoms with Crippen LogP contribution in [0.1, 0.15) is 461 Å². The van der Waals surface area contributed by atoms with Crippen molar-refractivity contribution >= 4 is 52.5 Å². The Balaban J connectivity index is 0.000000370. The number of hydrogen-bond acceptors (Lipinski definition) is 14. The second-order valence-electron chi connectivity index (χ2n) is 53.3. The Morgan fingerprint density at radius 3 is 0.441 bits per heavy atom. The number of aromatic hydroxyl groups is 7. The first-order valence-corrected chi connectivity index (χ1v) is 52.5. The molecule has 1 aromatic heterocycles. The molecule has 0 fully saturated rings. The van der Waals surface area contributed by atoms with Gasteiger partial charge in [0, 0.05) is 37.4 Å². The summed E-state index contributed by atoms with van der Waals surface area (Å²) in [6.45, 7) is 92.5. The van der Waals surface area contributed by atoms with E-state index in [-0.39, 0.29) is 153 Å². The van der Waals surface area contributed by atoms with E-state index in [1.54, 1.807) is 0 Å². The van der Waals surface area contributed by atoms with Crippen molar-refractivity contribution in [3.05, 3.63) is 233 Å². The molecule has 17 nitrogen and oxygen atoms in total. The first-order chi connectivity index (χ1) is 60.2. The fourth-order valence-corrected chi connectivity index (χ4v) is 23.7. The second-order valence-corrected chi connectivity index (χ2v) is 58.3. The molecule has 0 spiro atoms. The van der Waals surface area contributed by atoms with Gasteiger partial charge in [-0.2, -0.15) is 0 Å². The van der Waals surface area contributed by atoms with E-state index in [1.807, 2.05) is 403 Å². The molecule has 0 aliphatic heterocycles. The summed E-state index contributed by atoms with van der Waals surface area (Å²) in [6, 6.07) is 26.3. The number of rotatable bonds is 18. The first kappa shape index (κ1) is 120. The number of aromatic nitrogens is 3. The predicted molar refractivity (Wildman–Crippen MR) is 568 cm³/mol. The van der Waals surface area contributed by atoms with Gasteiger partial charge in [0.05, 0.1) is 19.6 Å². The van der Waals surface area contributed by atoms with Crippen LogP contribution < -0.4 is 26.9 Å². The molecular weight excluding hydrogens is 1760 g/mol. The molecular formula is C116H177CaN3O14P2. The number of phenols is 7. The Hall–Kier alpha value is -6.81. The molecule has 0 saturated carbocycles. The normalized spacial score (nSPS) is 14.4. The Morgan fingerprint density at radius 2 is 0.331 bits per heavy atom. The maximum absolute atomic E-state index is 14.7. The molecule has 7 aromatic carbocycles. The van der Waals surface area contributed by atoms with Gasteiger partial charge >= 0.3 is 54.8 Å². The Kier molecular flexibility index (Phi) is 35.7. The van der Waals surface area contributed by atoms with Gasteiger partial charge in [-0.1, -0.05) is 367 Å². The fraction of sp³-hybridized carbons (Fsp3) is 0.612. The molecule has 0 aliphatic carbocycles. The van der Waals surface area contributed by atoms with E-state index in [4.69, 9.17) is 0 Å². The molecule has 0 amide bonds. The number of hydrogen-bond donors (Lipinski definition) is 7. The van der Waals surface area contributed by atoms with E-state index >= 15 is 0 Å². The smallest absolute Gasteiger partial charge is 0.798 e. The van der Waals surface area contributed by atoms with Crippen molar-refractivity contribution in [1.82, 2.24) is 13.7 Å². The SMILES string of the molecule is CC(C)(C)c1cc(Cn2c(=O)n(Cc3cc(C(C)(C)C)c(O)c(C(C)(C)C)c3)c(=O)n(Cc3cc(C(C)(C)C)c(O)c(C(C)(C)C)c3)c2=O)cc(C(C)(C)C)c1O.CCC(CC)(c1cc(C(C)(C)C)c(O)c(C(C)(C)C)c1)P(=O)([O-])Cc1cc(C(C)(C)C)c(O)c(C(C)(C)C)c1.CCC(CC)(c1cc(C(C)(C)C)c(O)c(C(C)(C)C)c1)P(=O)([O-])Cc1cc(C(C)(C)C)c(O)c(C(C)(C)C)c1.[Ca+2]. The van der Waals surface area contributed by atoms with Gasteiger partial charge < -0.3 is 54.7 Å². The van der Waals surface area contributed by atoms with Crippen molar-refractivity contribution < 1.29 is 54.7 Å². The Bertz CT molecular complexity index is 5240. The van der Waals surface area contributed by atoms with Gasteiger partial charge in [0.1, 0.15) is 40.2 Å². The topological polar surface area (TPSA) is 288 Å². The molecule has 20 heteroatoms. The fourth-order valence-electron chi connectivity index (χ4n) is 18.8. The molecule has 0 radical (unpaired) electrons. The maximum Gasteiger partial charge on any atom is 2.00 e. The van der Waals surface area contributed by atoms with Gasteiger partial charge in [-0.3, -0.25) is 0 Å². The van der Waals surface area contributed by atoms with Crippen LogP contribution in [0.15, 0.2) is 99.3 Å². The van der Waals surface area contributed by atoms with Gasteiger partial charge in [-0.15, -0.1) is 0 Å². The van der Waals surface area contributed by atoms with E-state index < -0.39 is 74.6 Å². The van der Waals surface area contributed by atoms with Gasteiger partial charge in [0.25, 0.3) is 0 Å². The minimum absolute atomic E-state index is 0. The Morgan fingerprint density at radius 1 is 0.221 bits per heavy atom. The summed E-state index contributed by atoms with van der Waals surface area (Å²) in [5.41, 5.74) is 7.28. The quantitative estimate of drug-likeness (QED) is 0.0311. The van der Waals surface area contributed by atoms with Crippen LogP contribution in [0, 0.1) is 0 Å². The summed E-state index contributed by atoms with van der Waals surface area (Å²) in [6.07, 6.45) is 1.52. The van der Waals surface area contributed by atoms with Gasteiger partial charge in [-0.25, -0.2) is 28.1 Å². The molecule has 7 N–H and O–H groups in total. The third-order valence-electron chi connectivity index (χ3n) is 27.3. The minimum atomic E-state index is -4.11. The molecule has 8 aromatic rings. The molecule has 0 saturated heterocycles. The number of benzene rings is 7. The van der Waals surface area contributed by atoms with E-state index in [1.165, 1.54) is 0 Å². The van der Waals surface area contributed by atoms with Crippen LogP contribution in [0.2, 0.25) is 0 Å². The van der Waals surface area contributed by atoms with E-state index in [0.29, 0.717) is 86.9 Å². The Labute approximate surface area is 850 Å². The van der Waals surface area contributed by atoms with Gasteiger partial charge in [0.2, 0.25) is 0 Å². The zero-order valence-electron chi connectivity index (χ0n) is 92.9. The third kappa shape index (κ3) is 26.4. The van der Waals surface area contributed by atoms with Crippen LogP contribution >= 0.6 is 14.7 Å². The molecule has 2 atom stereocenters. The predicted octanol–water partition coefficient (Wildman–Crippen LogP) is 27.1. The third-order valence-corrected chi connectivity index (χ3v) is 33.2. The second kappa shape index (κ2) is 40.5. The summed E-state index contributed by atoms with van der Waals surface area (Å²) < 4.78 is 32.5. The monoisotopic (exact) mass is 1940 g/mol. The molecule has 1 heterocycles. The van der Waals surface area contributed by atoms with Crippen LogP contribution in [-0.2, 0) is 127 Å². The number of nitrogens with zero attached hydrogens (tertiary/aromatic N) is 3. The molecule has 136 heavy (non-hydrogen) atoms. The van der Waals surface area contributed by atoms with Crippen molar-refractivity contribution in [1.29, 1.82) is 0 Å². The summed E-state index contributed by atoms with van der Waals surface area (Å²) >= 11 is 0. The zero-order chi connectivity index (χ0) is 105. The van der Waals surface area contributed by atoms with Crippen molar-refractivity contribution in [3.63, 3.8) is 0 Å². The molecule has 8 rings (SSSR count). The molecule has 2 unspecified atom stereocenters. The first-order valence-electron chi connectivity index (χ1n) is 48.9. The van der Waals surface area contributed by atoms with Crippen LogP contribution in [-0.4, -0.2) is 87.2 Å². The summed E-state index contributed by atoms with van der Waals surface area (Å²) in [7, 11) is -8.22. The van der Waals surface area contributed by atoms with Gasteiger partial charge in [0.15, 0.2) is 0 Å². The average molecular weight is 1940 g/mol. The largest absolute Gasteiger partial charge is 2.00 e. The van der Waals surface area contributed by atoms with Crippen LogP contribution in [0.25, 0.3) is 0 Å². The van der Waals surface area contributed by atoms with Crippen LogP contribution in [0.4, 0.5) is 0 Å². The maximum atomic E-state index is 14.7. The molecule has 0 aliphatic rings. The summed E-state index contributed by atoms with van der Waals surface area (Å²) in [5.74, 6) is 1.55. The standard InChI is InChI=1S/C48H69N3O6.2C34H55O4P.Ca/c1-43(2,3)31-19-28(20-32(37(31)52)44(4,5)6)25-49-40(55)50(26-29-21-33(45(7,8)9)38(53)34(22-29)46(10,11)12)42(57)51(41(49)56)27-30-23-35(47(13,14)15)39(54)36(24-30)48(16,17)18;2*1-15-34(16-2,23-19-26(32(9,10)11)29(36)27(20-23)33(12,13)14)39(37,38)21-22-17-24(30(3,4)5)28(35)25(18-22)31(6,7)8;/h19-24,52-54H,25-27H2,1-18H3;2*17-20,35-36H,15-16,21H2,1-14H3,(H,37,38);/q;;;+2/p-2. The van der Waals surface area contributed by atoms with Crippen molar-refractivity contribution in [3.8, 4) is 40.2 Å². The summed E-state index contributed by atoms with van der Waals surface area (Å²) in [5, 5.41) is 77.1. The van der Waals surface area contributed by atoms with Crippen molar-refractivity contribution in [2.75, 3.05) is 0 Å². The van der Waals surface area contributed by atoms with Crippen molar-refractivity contribution in [2.45, 2.75) is 462 Å². The van der Waals surface area contributed by atoms with E-state index in [2.05, 4.69) is 0 Å². The van der Waals surface area contributed by atoms with Crippen LogP contribution in [0.3, 0.4) is 0 Å². The van der Waals surface area contributed by atoms with Crippen LogP contribution in [0.5, 0.6) is 40.2 Å². The van der Waals surface area contributed by atoms with E-state index in [0.717, 1.165) is 69.3 Å². The van der Waals surface area contributed by atoms with Gasteiger partial charge in [-0.05, 0) is 255 Å².